The van der Waals surface area contributed by atoms with E-state index in [1.807, 2.05) is 81.4 Å². The van der Waals surface area contributed by atoms with Gasteiger partial charge in [-0.25, -0.2) is 0 Å². The molecule has 2 N–H and O–H groups in total. The van der Waals surface area contributed by atoms with Crippen LogP contribution in [0.3, 0.4) is 0 Å². The van der Waals surface area contributed by atoms with E-state index in [-0.39, 0.29) is 0 Å². The normalized spacial score (nSPS) is 9.53. The van der Waals surface area contributed by atoms with E-state index in [1.165, 1.54) is 11.1 Å². The lowest BCUT2D eigenvalue weighted by Crippen LogP contribution is -2.30. The van der Waals surface area contributed by atoms with Crippen LogP contribution in [0, 0.1) is 27.7 Å². The Balaban J connectivity index is -0.00000108. The summed E-state index contributed by atoms with van der Waals surface area (Å²) in [5, 5.41) is 20.5. The van der Waals surface area contributed by atoms with Crippen molar-refractivity contribution in [1.82, 2.24) is 9.80 Å². The van der Waals surface area contributed by atoms with Crippen LogP contribution in [0.15, 0.2) is 24.3 Å². The van der Waals surface area contributed by atoms with Crippen molar-refractivity contribution in [3.05, 3.63) is 57.6 Å². The first kappa shape index (κ1) is 36.5. The van der Waals surface area contributed by atoms with Gasteiger partial charge in [0.1, 0.15) is 11.5 Å². The highest BCUT2D eigenvalue weighted by Gasteiger charge is 2.11. The molecule has 0 fully saturated rings. The van der Waals surface area contributed by atoms with Gasteiger partial charge in [-0.15, -0.1) is 0 Å². The maximum Gasteiger partial charge on any atom is 0.122 e. The summed E-state index contributed by atoms with van der Waals surface area (Å²) in [5.74, 6) is 0.798. The Hall–Kier alpha value is -2.04. The zero-order chi connectivity index (χ0) is 27.4. The molecule has 4 nitrogen and oxygen atoms in total. The molecule has 0 radical (unpaired) electrons. The molecule has 2 rings (SSSR count). The van der Waals surface area contributed by atoms with E-state index in [2.05, 4.69) is 49.9 Å². The molecule has 0 saturated carbocycles. The molecule has 0 bridgehead atoms. The molecule has 0 saturated heterocycles. The van der Waals surface area contributed by atoms with Gasteiger partial charge in [0.25, 0.3) is 0 Å². The standard InChI is InChI=1S/C22H32N2O2.4C2H6/c1-15-9-17(3)21(25)19(11-15)13-23(5)7-8-24(6)14-20-12-16(2)10-18(4)22(20)26;4*1-2/h9-12,25-26H,7-8,13-14H2,1-6H3;4*1-2H3. The highest BCUT2D eigenvalue weighted by Crippen LogP contribution is 2.26. The minimum absolute atomic E-state index is 0.399. The lowest BCUT2D eigenvalue weighted by molar-refractivity contribution is 0.243. The van der Waals surface area contributed by atoms with Crippen molar-refractivity contribution in [3.63, 3.8) is 0 Å². The molecule has 198 valence electrons. The highest BCUT2D eigenvalue weighted by atomic mass is 16.3. The zero-order valence-corrected chi connectivity index (χ0v) is 24.9. The minimum Gasteiger partial charge on any atom is -0.507 e. The molecule has 2 aromatic carbocycles. The summed E-state index contributed by atoms with van der Waals surface area (Å²) in [5.41, 5.74) is 6.14. The fraction of sp³-hybridized carbons (Fsp3) is 0.600. The summed E-state index contributed by atoms with van der Waals surface area (Å²) < 4.78 is 0. The molecule has 0 aliphatic heterocycles. The third kappa shape index (κ3) is 13.6. The van der Waals surface area contributed by atoms with Crippen molar-refractivity contribution in [3.8, 4) is 11.5 Å². The molecular weight excluding hydrogens is 420 g/mol. The summed E-state index contributed by atoms with van der Waals surface area (Å²) in [4.78, 5) is 4.43. The number of rotatable bonds is 7. The molecule has 34 heavy (non-hydrogen) atoms. The number of likely N-dealkylation sites (N-methyl/N-ethyl adjacent to an activating group) is 2. The van der Waals surface area contributed by atoms with Crippen LogP contribution in [0.25, 0.3) is 0 Å². The van der Waals surface area contributed by atoms with E-state index in [0.717, 1.165) is 48.4 Å². The summed E-state index contributed by atoms with van der Waals surface area (Å²) in [6.45, 7) is 27.2. The van der Waals surface area contributed by atoms with Crippen LogP contribution in [0.2, 0.25) is 0 Å². The van der Waals surface area contributed by atoms with E-state index in [1.54, 1.807) is 0 Å². The smallest absolute Gasteiger partial charge is 0.122 e. The number of aromatic hydroxyl groups is 2. The summed E-state index contributed by atoms with van der Waals surface area (Å²) in [7, 11) is 4.14. The van der Waals surface area contributed by atoms with Gasteiger partial charge >= 0.3 is 0 Å². The summed E-state index contributed by atoms with van der Waals surface area (Å²) >= 11 is 0. The number of phenols is 2. The van der Waals surface area contributed by atoms with Crippen molar-refractivity contribution in [2.24, 2.45) is 0 Å². The Morgan fingerprint density at radius 2 is 0.794 bits per heavy atom. The molecule has 0 unspecified atom stereocenters. The lowest BCUT2D eigenvalue weighted by Gasteiger charge is -2.23. The van der Waals surface area contributed by atoms with Crippen LogP contribution >= 0.6 is 0 Å². The van der Waals surface area contributed by atoms with Crippen molar-refractivity contribution in [2.75, 3.05) is 27.2 Å². The molecule has 0 atom stereocenters. The van der Waals surface area contributed by atoms with Crippen LogP contribution in [0.5, 0.6) is 11.5 Å². The van der Waals surface area contributed by atoms with Gasteiger partial charge in [-0.1, -0.05) is 90.8 Å². The molecule has 0 spiro atoms. The average molecular weight is 477 g/mol. The maximum absolute atomic E-state index is 10.3. The van der Waals surface area contributed by atoms with Gasteiger partial charge in [0.2, 0.25) is 0 Å². The first-order valence-electron chi connectivity index (χ1n) is 13.1. The first-order chi connectivity index (χ1) is 16.2. The van der Waals surface area contributed by atoms with Crippen LogP contribution in [0.4, 0.5) is 0 Å². The fourth-order valence-corrected chi connectivity index (χ4v) is 3.42. The van der Waals surface area contributed by atoms with Crippen LogP contribution in [0.1, 0.15) is 88.8 Å². The lowest BCUT2D eigenvalue weighted by atomic mass is 10.0. The Morgan fingerprint density at radius 1 is 0.529 bits per heavy atom. The number of benzene rings is 2. The van der Waals surface area contributed by atoms with Crippen molar-refractivity contribution >= 4 is 0 Å². The third-order valence-electron chi connectivity index (χ3n) is 4.79. The summed E-state index contributed by atoms with van der Waals surface area (Å²) in [6, 6.07) is 8.11. The molecule has 2 aromatic rings. The predicted molar refractivity (Wildman–Crippen MR) is 153 cm³/mol. The minimum atomic E-state index is 0.399. The van der Waals surface area contributed by atoms with E-state index >= 15 is 0 Å². The summed E-state index contributed by atoms with van der Waals surface area (Å²) in [6.07, 6.45) is 0. The van der Waals surface area contributed by atoms with E-state index in [4.69, 9.17) is 0 Å². The number of aryl methyl sites for hydroxylation is 4. The predicted octanol–water partition coefficient (Wildman–Crippen LogP) is 8.00. The monoisotopic (exact) mass is 476 g/mol. The zero-order valence-electron chi connectivity index (χ0n) is 24.9. The molecule has 0 aromatic heterocycles. The number of hydrogen-bond donors (Lipinski definition) is 2. The van der Waals surface area contributed by atoms with E-state index < -0.39 is 0 Å². The quantitative estimate of drug-likeness (QED) is 0.425. The second-order valence-corrected chi connectivity index (χ2v) is 7.65. The average Bonchev–Trinajstić information content (AvgIpc) is 2.84. The Bertz CT molecular complexity index is 707. The van der Waals surface area contributed by atoms with Gasteiger partial charge in [0, 0.05) is 37.3 Å². The van der Waals surface area contributed by atoms with Gasteiger partial charge in [-0.05, 0) is 52.9 Å². The van der Waals surface area contributed by atoms with Gasteiger partial charge < -0.3 is 20.0 Å². The first-order valence-corrected chi connectivity index (χ1v) is 13.1. The Morgan fingerprint density at radius 3 is 1.06 bits per heavy atom. The number of hydrogen-bond acceptors (Lipinski definition) is 4. The van der Waals surface area contributed by atoms with Crippen LogP contribution in [-0.2, 0) is 13.1 Å². The van der Waals surface area contributed by atoms with Crippen molar-refractivity contribution in [1.29, 1.82) is 0 Å². The van der Waals surface area contributed by atoms with Gasteiger partial charge in [-0.3, -0.25) is 0 Å². The Kier molecular flexibility index (Phi) is 23.1. The maximum atomic E-state index is 10.3. The number of phenolic OH excluding ortho intramolecular Hbond substituents is 2. The Labute approximate surface area is 212 Å². The van der Waals surface area contributed by atoms with Crippen molar-refractivity contribution in [2.45, 2.75) is 96.2 Å². The molecular formula is C30H56N2O2. The van der Waals surface area contributed by atoms with Gasteiger partial charge in [-0.2, -0.15) is 0 Å². The van der Waals surface area contributed by atoms with Crippen LogP contribution in [-0.4, -0.2) is 47.2 Å². The second-order valence-electron chi connectivity index (χ2n) is 7.65. The molecule has 0 amide bonds. The van der Waals surface area contributed by atoms with Crippen molar-refractivity contribution < 1.29 is 10.2 Å². The number of nitrogens with zero attached hydrogens (tertiary/aromatic N) is 2. The molecule has 0 heterocycles. The molecule has 4 heteroatoms. The highest BCUT2D eigenvalue weighted by molar-refractivity contribution is 5.43. The largest absolute Gasteiger partial charge is 0.507 e. The van der Waals surface area contributed by atoms with Gasteiger partial charge in [0.15, 0.2) is 0 Å². The second kappa shape index (κ2) is 21.5. The SMILES string of the molecule is CC.CC.CC.CC.Cc1cc(C)c(O)c(CN(C)CCN(C)Cc2cc(C)cc(C)c2O)c1. The van der Waals surface area contributed by atoms with E-state index in [9.17, 15) is 10.2 Å². The molecule has 0 aliphatic rings. The van der Waals surface area contributed by atoms with Gasteiger partial charge in [0.05, 0.1) is 0 Å². The topological polar surface area (TPSA) is 46.9 Å². The third-order valence-corrected chi connectivity index (χ3v) is 4.79. The fourth-order valence-electron chi connectivity index (χ4n) is 3.42. The van der Waals surface area contributed by atoms with E-state index in [0.29, 0.717) is 11.5 Å². The van der Waals surface area contributed by atoms with Crippen LogP contribution < -0.4 is 0 Å². The molecule has 0 aliphatic carbocycles.